The van der Waals surface area contributed by atoms with Crippen LogP contribution < -0.4 is 10.4 Å². The molecule has 4 aromatic rings. The van der Waals surface area contributed by atoms with E-state index in [0.717, 1.165) is 23.7 Å². The Labute approximate surface area is 290 Å². The van der Waals surface area contributed by atoms with E-state index in [1.807, 2.05) is 47.9 Å². The maximum atomic E-state index is 4.66. The van der Waals surface area contributed by atoms with Crippen LogP contribution >= 0.6 is 18.5 Å². The molecule has 246 valence electrons. The number of aromatic nitrogens is 2. The normalized spacial score (nSPS) is 25.8. The average molecular weight is 711 g/mol. The molecule has 2 atom stereocenters. The number of hydrogen-bond donors (Lipinski definition) is 0. The summed E-state index contributed by atoms with van der Waals surface area (Å²) in [5, 5.41) is 3.15. The van der Waals surface area contributed by atoms with E-state index in [4.69, 9.17) is 0 Å². The van der Waals surface area contributed by atoms with Crippen LogP contribution in [0.4, 0.5) is 0 Å². The first-order valence-electron chi connectivity index (χ1n) is 16.7. The fourth-order valence-electron chi connectivity index (χ4n) is 9.58. The summed E-state index contributed by atoms with van der Waals surface area (Å²) < 4.78 is 0. The first kappa shape index (κ1) is 35.1. The molecule has 2 aromatic carbocycles. The third-order valence-corrected chi connectivity index (χ3v) is 17.2. The molecule has 4 saturated carbocycles. The Hall–Kier alpha value is -1.19. The van der Waals surface area contributed by atoms with Crippen molar-refractivity contribution >= 4 is 45.0 Å². The first-order chi connectivity index (χ1) is 20.9. The van der Waals surface area contributed by atoms with Gasteiger partial charge in [-0.15, -0.1) is 18.5 Å². The molecule has 4 aliphatic carbocycles. The topological polar surface area (TPSA) is 25.8 Å². The van der Waals surface area contributed by atoms with Crippen LogP contribution in [-0.2, 0) is 27.6 Å². The molecular weight excluding hydrogens is 658 g/mol. The van der Waals surface area contributed by atoms with E-state index in [-0.39, 0.29) is 27.6 Å². The molecule has 2 aromatic heterocycles. The standard InChI is InChI=1S/C33H47N2P2Si2.C5H5.Fe/c1-38(2,3)29-18-28(33(37,24-9-7-11-34-19-24)25-10-8-12-35-20-25)30(31(29)39(4,5)6)32(21-36)26-14-22-13-23(16-26)17-27(32)15-22;1-2-4-5-3-1;/h7-12,18-20,22-23,26-27H,13-17,21,36-37H2,1-6H3;1-5H;/q-1;-5;. The van der Waals surface area contributed by atoms with Crippen LogP contribution in [0.5, 0.6) is 0 Å². The number of pyridine rings is 2. The Bertz CT molecular complexity index is 1450. The van der Waals surface area contributed by atoms with E-state index in [0.29, 0.717) is 0 Å². The van der Waals surface area contributed by atoms with Gasteiger partial charge < -0.3 is 30.3 Å². The van der Waals surface area contributed by atoms with E-state index in [1.54, 1.807) is 16.3 Å². The zero-order chi connectivity index (χ0) is 31.3. The third kappa shape index (κ3) is 6.25. The smallest absolute Gasteiger partial charge is 0.0508 e. The van der Waals surface area contributed by atoms with Gasteiger partial charge in [0.15, 0.2) is 0 Å². The van der Waals surface area contributed by atoms with Gasteiger partial charge in [0.2, 0.25) is 0 Å². The number of hydrogen-bond acceptors (Lipinski definition) is 2. The second kappa shape index (κ2) is 13.4. The Morgan fingerprint density at radius 2 is 1.29 bits per heavy atom. The molecule has 8 rings (SSSR count). The van der Waals surface area contributed by atoms with E-state index in [9.17, 15) is 0 Å². The largest absolute Gasteiger partial charge is 0.748 e. The predicted molar refractivity (Wildman–Crippen MR) is 201 cm³/mol. The number of nitrogens with zero attached hydrogens (tertiary/aromatic N) is 2. The summed E-state index contributed by atoms with van der Waals surface area (Å²) in [5.74, 6) is 3.52. The minimum atomic E-state index is -1.71. The van der Waals surface area contributed by atoms with Gasteiger partial charge in [0.05, 0.1) is 8.07 Å². The molecule has 4 fully saturated rings. The zero-order valence-electron chi connectivity index (χ0n) is 28.0. The van der Waals surface area contributed by atoms with Crippen molar-refractivity contribution in [3.05, 3.63) is 108 Å². The summed E-state index contributed by atoms with van der Waals surface area (Å²) in [6, 6.07) is 21.5. The molecule has 7 heteroatoms. The van der Waals surface area contributed by atoms with Crippen LogP contribution in [0, 0.1) is 23.7 Å². The minimum absolute atomic E-state index is 0. The van der Waals surface area contributed by atoms with Crippen LogP contribution in [-0.4, -0.2) is 32.3 Å². The Balaban J connectivity index is 0.000000609. The van der Waals surface area contributed by atoms with Crippen molar-refractivity contribution in [2.45, 2.75) is 82.0 Å². The summed E-state index contributed by atoms with van der Waals surface area (Å²) in [7, 11) is 3.34. The van der Waals surface area contributed by atoms with E-state index >= 15 is 0 Å². The van der Waals surface area contributed by atoms with Crippen LogP contribution in [0.25, 0.3) is 0 Å². The minimum Gasteiger partial charge on any atom is -0.748 e. The quantitative estimate of drug-likeness (QED) is 0.109. The fraction of sp³-hybridized carbons (Fsp3) is 0.474. The molecule has 0 amide bonds. The van der Waals surface area contributed by atoms with Crippen LogP contribution in [0.2, 0.25) is 39.3 Å². The summed E-state index contributed by atoms with van der Waals surface area (Å²) in [5.41, 5.74) is 6.05. The zero-order valence-corrected chi connectivity index (χ0v) is 33.5. The Kier molecular flexibility index (Phi) is 10.4. The summed E-state index contributed by atoms with van der Waals surface area (Å²) in [4.78, 5) is 9.32. The fourth-order valence-corrected chi connectivity index (χ4v) is 16.7. The molecule has 0 N–H and O–H groups in total. The van der Waals surface area contributed by atoms with Gasteiger partial charge in [0.1, 0.15) is 0 Å². The molecule has 0 saturated heterocycles. The summed E-state index contributed by atoms with van der Waals surface area (Å²) in [6.07, 6.45) is 16.4. The molecule has 2 heterocycles. The van der Waals surface area contributed by atoms with Gasteiger partial charge >= 0.3 is 0 Å². The number of rotatable bonds is 7. The van der Waals surface area contributed by atoms with Crippen LogP contribution in [0.15, 0.2) is 85.5 Å². The van der Waals surface area contributed by atoms with Crippen molar-refractivity contribution < 1.29 is 17.1 Å². The van der Waals surface area contributed by atoms with Crippen LogP contribution in [0.3, 0.4) is 0 Å². The van der Waals surface area contributed by atoms with Gasteiger partial charge in [-0.2, -0.15) is 27.6 Å². The molecule has 0 aliphatic heterocycles. The van der Waals surface area contributed by atoms with Crippen molar-refractivity contribution in [3.63, 3.8) is 0 Å². The maximum Gasteiger partial charge on any atom is 0.0508 e. The predicted octanol–water partition coefficient (Wildman–Crippen LogP) is 8.42. The van der Waals surface area contributed by atoms with E-state index in [2.05, 4.69) is 110 Å². The average Bonchev–Trinajstić information content (AvgIpc) is 3.71. The molecule has 0 radical (unpaired) electrons. The molecule has 2 unspecified atom stereocenters. The van der Waals surface area contributed by atoms with Gasteiger partial charge in [-0.25, -0.2) is 0 Å². The van der Waals surface area contributed by atoms with Gasteiger partial charge in [-0.1, -0.05) is 56.8 Å². The molecule has 4 aliphatic rings. The van der Waals surface area contributed by atoms with Gasteiger partial charge in [-0.3, -0.25) is 9.97 Å². The van der Waals surface area contributed by atoms with Gasteiger partial charge in [0, 0.05) is 55.1 Å². The van der Waals surface area contributed by atoms with E-state index in [1.165, 1.54) is 49.4 Å². The van der Waals surface area contributed by atoms with Gasteiger partial charge in [0.25, 0.3) is 0 Å². The maximum absolute atomic E-state index is 4.66. The van der Waals surface area contributed by atoms with Crippen molar-refractivity contribution in [3.8, 4) is 0 Å². The Morgan fingerprint density at radius 3 is 1.64 bits per heavy atom. The van der Waals surface area contributed by atoms with Crippen molar-refractivity contribution in [2.24, 2.45) is 23.7 Å². The van der Waals surface area contributed by atoms with Crippen molar-refractivity contribution in [1.82, 2.24) is 9.97 Å². The Morgan fingerprint density at radius 1 is 0.822 bits per heavy atom. The summed E-state index contributed by atoms with van der Waals surface area (Å²) in [6.45, 7) is 15.6. The summed E-state index contributed by atoms with van der Waals surface area (Å²) >= 11 is 0. The van der Waals surface area contributed by atoms with Crippen LogP contribution in [0.1, 0.15) is 54.4 Å². The second-order valence-electron chi connectivity index (χ2n) is 16.0. The molecule has 0 spiro atoms. The van der Waals surface area contributed by atoms with Crippen molar-refractivity contribution in [1.29, 1.82) is 0 Å². The monoisotopic (exact) mass is 710 g/mol. The van der Waals surface area contributed by atoms with Gasteiger partial charge in [-0.05, 0) is 85.2 Å². The third-order valence-electron chi connectivity index (χ3n) is 11.2. The molecule has 4 bridgehead atoms. The van der Waals surface area contributed by atoms with E-state index < -0.39 is 16.1 Å². The second-order valence-corrected chi connectivity index (χ2v) is 27.3. The molecular formula is C38H52FeN2P2Si2-6. The SMILES string of the molecule is C[Si](C)(C)c1c(C2(CP)C3CC4CC(C3)CC2C4)c(C(P)(c2cccnc2)c2cccnc2)c[c-]1[Si](C)(C)C.[Fe].[cH-]1[cH-][cH-][cH-][cH-]1. The molecule has 45 heavy (non-hydrogen) atoms. The first-order valence-corrected chi connectivity index (χ1v) is 25.1. The molecule has 2 nitrogen and oxygen atoms in total. The van der Waals surface area contributed by atoms with Crippen molar-refractivity contribution in [2.75, 3.05) is 6.16 Å².